The van der Waals surface area contributed by atoms with Crippen LogP contribution in [-0.2, 0) is 6.54 Å². The van der Waals surface area contributed by atoms with Crippen molar-refractivity contribution in [1.29, 1.82) is 0 Å². The second kappa shape index (κ2) is 7.31. The number of rotatable bonds is 7. The molecule has 0 fully saturated rings. The van der Waals surface area contributed by atoms with Gasteiger partial charge in [0.2, 0.25) is 0 Å². The molecule has 0 aliphatic heterocycles. The summed E-state index contributed by atoms with van der Waals surface area (Å²) < 4.78 is 0. The summed E-state index contributed by atoms with van der Waals surface area (Å²) in [5.74, 6) is 1.65. The van der Waals surface area contributed by atoms with Gasteiger partial charge in [-0.3, -0.25) is 0 Å². The SMILES string of the molecule is CCNCc1ccc(N(C)C(C)CC(C)C)nn1. The van der Waals surface area contributed by atoms with Crippen LogP contribution in [0.2, 0.25) is 0 Å². The van der Waals surface area contributed by atoms with Gasteiger partial charge in [-0.05, 0) is 37.9 Å². The van der Waals surface area contributed by atoms with Crippen molar-refractivity contribution in [2.24, 2.45) is 5.92 Å². The molecule has 0 saturated carbocycles. The summed E-state index contributed by atoms with van der Waals surface area (Å²) in [7, 11) is 2.08. The molecule has 0 aliphatic carbocycles. The van der Waals surface area contributed by atoms with Crippen molar-refractivity contribution >= 4 is 5.82 Å². The quantitative estimate of drug-likeness (QED) is 0.807. The van der Waals surface area contributed by atoms with E-state index in [-0.39, 0.29) is 0 Å². The van der Waals surface area contributed by atoms with Gasteiger partial charge in [0.25, 0.3) is 0 Å². The fraction of sp³-hybridized carbons (Fsp3) is 0.714. The van der Waals surface area contributed by atoms with Crippen molar-refractivity contribution in [3.63, 3.8) is 0 Å². The van der Waals surface area contributed by atoms with Crippen molar-refractivity contribution in [1.82, 2.24) is 15.5 Å². The average molecular weight is 250 g/mol. The van der Waals surface area contributed by atoms with Crippen LogP contribution in [0.3, 0.4) is 0 Å². The second-order valence-corrected chi connectivity index (χ2v) is 5.25. The monoisotopic (exact) mass is 250 g/mol. The lowest BCUT2D eigenvalue weighted by Gasteiger charge is -2.26. The molecule has 4 nitrogen and oxygen atoms in total. The van der Waals surface area contributed by atoms with Gasteiger partial charge in [0.05, 0.1) is 5.69 Å². The Kier molecular flexibility index (Phi) is 6.05. The maximum atomic E-state index is 4.30. The van der Waals surface area contributed by atoms with Gasteiger partial charge in [-0.2, -0.15) is 5.10 Å². The molecule has 0 saturated heterocycles. The van der Waals surface area contributed by atoms with Crippen LogP contribution in [0, 0.1) is 5.92 Å². The van der Waals surface area contributed by atoms with Gasteiger partial charge in [-0.1, -0.05) is 20.8 Å². The zero-order valence-corrected chi connectivity index (χ0v) is 12.3. The van der Waals surface area contributed by atoms with Crippen molar-refractivity contribution in [3.05, 3.63) is 17.8 Å². The van der Waals surface area contributed by atoms with Crippen LogP contribution >= 0.6 is 0 Å². The predicted molar refractivity (Wildman–Crippen MR) is 76.7 cm³/mol. The minimum absolute atomic E-state index is 0.485. The summed E-state index contributed by atoms with van der Waals surface area (Å²) in [6.45, 7) is 10.5. The molecule has 102 valence electrons. The highest BCUT2D eigenvalue weighted by Crippen LogP contribution is 2.16. The Hall–Kier alpha value is -1.16. The molecule has 18 heavy (non-hydrogen) atoms. The molecule has 0 aromatic carbocycles. The number of hydrogen-bond donors (Lipinski definition) is 1. The molecule has 1 heterocycles. The molecule has 1 N–H and O–H groups in total. The van der Waals surface area contributed by atoms with E-state index in [1.165, 1.54) is 0 Å². The summed E-state index contributed by atoms with van der Waals surface area (Å²) in [6.07, 6.45) is 1.16. The van der Waals surface area contributed by atoms with Crippen LogP contribution in [0.1, 0.15) is 39.8 Å². The molecule has 0 radical (unpaired) electrons. The molecule has 0 bridgehead atoms. The van der Waals surface area contributed by atoms with E-state index < -0.39 is 0 Å². The van der Waals surface area contributed by atoms with E-state index in [0.29, 0.717) is 12.0 Å². The van der Waals surface area contributed by atoms with Crippen molar-refractivity contribution < 1.29 is 0 Å². The lowest BCUT2D eigenvalue weighted by Crippen LogP contribution is -2.31. The third kappa shape index (κ3) is 4.61. The molecule has 1 atom stereocenters. The smallest absolute Gasteiger partial charge is 0.151 e. The van der Waals surface area contributed by atoms with Gasteiger partial charge < -0.3 is 10.2 Å². The molecular formula is C14H26N4. The Bertz CT molecular complexity index is 334. The van der Waals surface area contributed by atoms with Gasteiger partial charge >= 0.3 is 0 Å². The van der Waals surface area contributed by atoms with Crippen LogP contribution in [-0.4, -0.2) is 29.8 Å². The number of anilines is 1. The molecule has 1 unspecified atom stereocenters. The van der Waals surface area contributed by atoms with Crippen LogP contribution in [0.15, 0.2) is 12.1 Å². The molecule has 1 aromatic rings. The first-order valence-corrected chi connectivity index (χ1v) is 6.80. The number of nitrogens with one attached hydrogen (secondary N) is 1. The van der Waals surface area contributed by atoms with Gasteiger partial charge in [-0.15, -0.1) is 5.10 Å². The van der Waals surface area contributed by atoms with E-state index >= 15 is 0 Å². The summed E-state index contributed by atoms with van der Waals surface area (Å²) >= 11 is 0. The Morgan fingerprint density at radius 1 is 1.22 bits per heavy atom. The first-order chi connectivity index (χ1) is 8.54. The molecular weight excluding hydrogens is 224 g/mol. The van der Waals surface area contributed by atoms with Crippen LogP contribution in [0.25, 0.3) is 0 Å². The molecule has 0 amide bonds. The second-order valence-electron chi connectivity index (χ2n) is 5.25. The fourth-order valence-electron chi connectivity index (χ4n) is 1.95. The first kappa shape index (κ1) is 14.9. The van der Waals surface area contributed by atoms with Crippen LogP contribution in [0.5, 0.6) is 0 Å². The van der Waals surface area contributed by atoms with Crippen LogP contribution < -0.4 is 10.2 Å². The first-order valence-electron chi connectivity index (χ1n) is 6.80. The van der Waals surface area contributed by atoms with Crippen molar-refractivity contribution in [3.8, 4) is 0 Å². The van der Waals surface area contributed by atoms with Gasteiger partial charge in [0.1, 0.15) is 0 Å². The summed E-state index contributed by atoms with van der Waals surface area (Å²) in [6, 6.07) is 4.58. The maximum Gasteiger partial charge on any atom is 0.151 e. The highest BCUT2D eigenvalue weighted by molar-refractivity contribution is 5.37. The topological polar surface area (TPSA) is 41.0 Å². The fourth-order valence-corrected chi connectivity index (χ4v) is 1.95. The third-order valence-electron chi connectivity index (χ3n) is 3.10. The molecule has 1 rings (SSSR count). The van der Waals surface area contributed by atoms with Gasteiger partial charge in [0.15, 0.2) is 5.82 Å². The van der Waals surface area contributed by atoms with E-state index in [1.54, 1.807) is 0 Å². The highest BCUT2D eigenvalue weighted by Gasteiger charge is 2.13. The van der Waals surface area contributed by atoms with Crippen molar-refractivity contribution in [2.75, 3.05) is 18.5 Å². The highest BCUT2D eigenvalue weighted by atomic mass is 15.3. The Morgan fingerprint density at radius 3 is 2.44 bits per heavy atom. The van der Waals surface area contributed by atoms with Gasteiger partial charge in [-0.25, -0.2) is 0 Å². The normalized spacial score (nSPS) is 12.8. The van der Waals surface area contributed by atoms with E-state index in [9.17, 15) is 0 Å². The number of aromatic nitrogens is 2. The Labute approximate surface area is 111 Å². The van der Waals surface area contributed by atoms with E-state index in [2.05, 4.69) is 61.2 Å². The number of hydrogen-bond acceptors (Lipinski definition) is 4. The summed E-state index contributed by atoms with van der Waals surface area (Å²) in [5.41, 5.74) is 0.991. The van der Waals surface area contributed by atoms with Crippen LogP contribution in [0.4, 0.5) is 5.82 Å². The minimum Gasteiger partial charge on any atom is -0.355 e. The van der Waals surface area contributed by atoms with Crippen molar-refractivity contribution in [2.45, 2.75) is 46.7 Å². The maximum absolute atomic E-state index is 4.30. The van der Waals surface area contributed by atoms with Gasteiger partial charge in [0, 0.05) is 19.6 Å². The predicted octanol–water partition coefficient (Wildman–Crippen LogP) is 2.46. The lowest BCUT2D eigenvalue weighted by atomic mass is 10.0. The minimum atomic E-state index is 0.485. The average Bonchev–Trinajstić information content (AvgIpc) is 2.35. The summed E-state index contributed by atoms with van der Waals surface area (Å²) in [4.78, 5) is 2.20. The molecule has 1 aromatic heterocycles. The van der Waals surface area contributed by atoms with E-state index in [1.807, 2.05) is 6.07 Å². The molecule has 0 spiro atoms. The Balaban J connectivity index is 2.60. The molecule has 4 heteroatoms. The standard InChI is InChI=1S/C14H26N4/c1-6-15-10-13-7-8-14(17-16-13)18(5)12(4)9-11(2)3/h7-8,11-12,15H,6,9-10H2,1-5H3. The van der Waals surface area contributed by atoms with E-state index in [4.69, 9.17) is 0 Å². The Morgan fingerprint density at radius 2 is 1.94 bits per heavy atom. The van der Waals surface area contributed by atoms with E-state index in [0.717, 1.165) is 31.0 Å². The number of nitrogens with zero attached hydrogens (tertiary/aromatic N) is 3. The molecule has 0 aliphatic rings. The largest absolute Gasteiger partial charge is 0.355 e. The lowest BCUT2D eigenvalue weighted by molar-refractivity contribution is 0.501. The third-order valence-corrected chi connectivity index (χ3v) is 3.10. The summed E-state index contributed by atoms with van der Waals surface area (Å²) in [5, 5.41) is 11.8. The zero-order valence-electron chi connectivity index (χ0n) is 12.3. The zero-order chi connectivity index (χ0) is 13.5.